The maximum atomic E-state index is 12.7. The number of aromatic nitrogens is 6. The molecule has 2 atom stereocenters. The van der Waals surface area contributed by atoms with E-state index >= 15 is 0 Å². The number of nitrogens with one attached hydrogen (secondary N) is 1. The molecule has 0 spiro atoms. The van der Waals surface area contributed by atoms with E-state index in [1.54, 1.807) is 17.1 Å². The van der Waals surface area contributed by atoms with Gasteiger partial charge in [-0.1, -0.05) is 0 Å². The maximum Gasteiger partial charge on any atom is 0.255 e. The zero-order valence-electron chi connectivity index (χ0n) is 15.0. The van der Waals surface area contributed by atoms with Gasteiger partial charge in [0, 0.05) is 30.2 Å². The summed E-state index contributed by atoms with van der Waals surface area (Å²) < 4.78 is 1.78. The second-order valence-corrected chi connectivity index (χ2v) is 7.54. The minimum atomic E-state index is 0.0748. The molecular weight excluding hydrogens is 354 g/mol. The van der Waals surface area contributed by atoms with Crippen molar-refractivity contribution in [2.24, 2.45) is 11.8 Å². The molecule has 8 heteroatoms. The van der Waals surface area contributed by atoms with Crippen molar-refractivity contribution in [3.8, 4) is 17.1 Å². The summed E-state index contributed by atoms with van der Waals surface area (Å²) in [7, 11) is 0. The molecule has 4 heterocycles. The average molecular weight is 371 g/mol. The summed E-state index contributed by atoms with van der Waals surface area (Å²) in [5.74, 6) is 2.25. The minimum absolute atomic E-state index is 0.0748. The van der Waals surface area contributed by atoms with Crippen molar-refractivity contribution in [1.82, 2.24) is 34.8 Å². The first kappa shape index (κ1) is 15.5. The number of rotatable bonds is 3. The Morgan fingerprint density at radius 3 is 2.64 bits per heavy atom. The van der Waals surface area contributed by atoms with Gasteiger partial charge in [-0.15, -0.1) is 0 Å². The van der Waals surface area contributed by atoms with Crippen LogP contribution in [0.15, 0.2) is 49.1 Å². The molecule has 2 fully saturated rings. The van der Waals surface area contributed by atoms with Gasteiger partial charge in [0.1, 0.15) is 6.33 Å². The van der Waals surface area contributed by atoms with Crippen LogP contribution < -0.4 is 0 Å². The van der Waals surface area contributed by atoms with Gasteiger partial charge in [0.15, 0.2) is 11.5 Å². The molecule has 0 radical (unpaired) electrons. The van der Waals surface area contributed by atoms with Crippen molar-refractivity contribution in [3.05, 3.63) is 54.6 Å². The number of pyridine rings is 1. The highest BCUT2D eigenvalue weighted by Gasteiger charge is 2.46. The largest absolute Gasteiger partial charge is 0.338 e. The number of benzene rings is 1. The lowest BCUT2D eigenvalue weighted by molar-refractivity contribution is 0.0775. The smallest absolute Gasteiger partial charge is 0.255 e. The Labute approximate surface area is 160 Å². The molecule has 1 N–H and O–H groups in total. The summed E-state index contributed by atoms with van der Waals surface area (Å²) in [4.78, 5) is 23.4. The van der Waals surface area contributed by atoms with E-state index in [2.05, 4.69) is 25.3 Å². The SMILES string of the molecule is O=C(c1cnc2c(cnn2-c2ccc(-c3ncn[nH]3)cc2)c1)N1CC2CC2C1. The molecule has 2 aliphatic rings. The first-order chi connectivity index (χ1) is 13.8. The van der Waals surface area contributed by atoms with E-state index in [0.29, 0.717) is 5.56 Å². The lowest BCUT2D eigenvalue weighted by atomic mass is 10.2. The van der Waals surface area contributed by atoms with E-state index in [-0.39, 0.29) is 5.91 Å². The lowest BCUT2D eigenvalue weighted by Crippen LogP contribution is -2.30. The highest BCUT2D eigenvalue weighted by atomic mass is 16.2. The Hall–Kier alpha value is -3.55. The molecule has 1 amide bonds. The molecule has 1 saturated heterocycles. The first-order valence-electron chi connectivity index (χ1n) is 9.35. The summed E-state index contributed by atoms with van der Waals surface area (Å²) in [6.45, 7) is 1.77. The Balaban J connectivity index is 1.30. The fraction of sp³-hybridized carbons (Fsp3) is 0.250. The standard InChI is InChI=1S/C20H17N7O/c28-20(26-9-15-6-16(15)10-26)14-5-13-8-24-27(19(13)21-7-14)17-3-1-12(2-4-17)18-22-11-23-25-18/h1-5,7-8,11,15-16H,6,9-10H2,(H,22,23,25). The summed E-state index contributed by atoms with van der Waals surface area (Å²) in [6.07, 6.45) is 6.18. The van der Waals surface area contributed by atoms with Crippen LogP contribution in [0.4, 0.5) is 0 Å². The van der Waals surface area contributed by atoms with E-state index in [1.165, 1.54) is 12.7 Å². The summed E-state index contributed by atoms with van der Waals surface area (Å²) in [5, 5.41) is 12.0. The molecule has 1 aliphatic carbocycles. The first-order valence-corrected chi connectivity index (χ1v) is 9.35. The van der Waals surface area contributed by atoms with Crippen molar-refractivity contribution < 1.29 is 4.79 Å². The van der Waals surface area contributed by atoms with Crippen LogP contribution in [-0.4, -0.2) is 53.8 Å². The van der Waals surface area contributed by atoms with Crippen LogP contribution in [-0.2, 0) is 0 Å². The van der Waals surface area contributed by atoms with Crippen molar-refractivity contribution in [2.75, 3.05) is 13.1 Å². The van der Waals surface area contributed by atoms with Gasteiger partial charge in [0.2, 0.25) is 0 Å². The molecular formula is C20H17N7O. The van der Waals surface area contributed by atoms with Crippen molar-refractivity contribution in [3.63, 3.8) is 0 Å². The zero-order chi connectivity index (χ0) is 18.7. The molecule has 1 saturated carbocycles. The normalized spacial score (nSPS) is 20.5. The van der Waals surface area contributed by atoms with Crippen LogP contribution in [0.3, 0.4) is 0 Å². The van der Waals surface area contributed by atoms with Gasteiger partial charge in [-0.2, -0.15) is 10.2 Å². The predicted molar refractivity (Wildman–Crippen MR) is 102 cm³/mol. The Morgan fingerprint density at radius 2 is 1.89 bits per heavy atom. The monoisotopic (exact) mass is 371 g/mol. The van der Waals surface area contributed by atoms with Crippen molar-refractivity contribution in [1.29, 1.82) is 0 Å². The van der Waals surface area contributed by atoms with Crippen LogP contribution >= 0.6 is 0 Å². The summed E-state index contributed by atoms with van der Waals surface area (Å²) in [5.41, 5.74) is 3.20. The molecule has 3 aromatic heterocycles. The molecule has 8 nitrogen and oxygen atoms in total. The number of nitrogens with zero attached hydrogens (tertiary/aromatic N) is 6. The number of fused-ring (bicyclic) bond motifs is 2. The number of aromatic amines is 1. The maximum absolute atomic E-state index is 12.7. The van der Waals surface area contributed by atoms with Crippen LogP contribution in [0.5, 0.6) is 0 Å². The Bertz CT molecular complexity index is 1170. The van der Waals surface area contributed by atoms with Crippen molar-refractivity contribution in [2.45, 2.75) is 6.42 Å². The van der Waals surface area contributed by atoms with Gasteiger partial charge in [0.05, 0.1) is 17.4 Å². The topological polar surface area (TPSA) is 92.6 Å². The highest BCUT2D eigenvalue weighted by Crippen LogP contribution is 2.45. The number of carbonyl (C=O) groups is 1. The van der Waals surface area contributed by atoms with E-state index in [9.17, 15) is 4.79 Å². The lowest BCUT2D eigenvalue weighted by Gasteiger charge is -2.17. The summed E-state index contributed by atoms with van der Waals surface area (Å²) in [6, 6.07) is 9.73. The number of amides is 1. The third-order valence-electron chi connectivity index (χ3n) is 5.72. The van der Waals surface area contributed by atoms with Gasteiger partial charge < -0.3 is 4.90 Å². The van der Waals surface area contributed by atoms with E-state index in [0.717, 1.165) is 53.0 Å². The number of hydrogen-bond acceptors (Lipinski definition) is 5. The molecule has 6 rings (SSSR count). The van der Waals surface area contributed by atoms with Crippen LogP contribution in [0.25, 0.3) is 28.1 Å². The third kappa shape index (κ3) is 2.41. The molecule has 1 aliphatic heterocycles. The number of likely N-dealkylation sites (tertiary alicyclic amines) is 1. The van der Waals surface area contributed by atoms with E-state index in [4.69, 9.17) is 0 Å². The fourth-order valence-corrected chi connectivity index (χ4v) is 4.08. The van der Waals surface area contributed by atoms with Gasteiger partial charge in [-0.05, 0) is 48.6 Å². The van der Waals surface area contributed by atoms with Crippen LogP contribution in [0.1, 0.15) is 16.8 Å². The van der Waals surface area contributed by atoms with Crippen LogP contribution in [0.2, 0.25) is 0 Å². The minimum Gasteiger partial charge on any atom is -0.338 e. The van der Waals surface area contributed by atoms with E-state index in [1.807, 2.05) is 35.2 Å². The predicted octanol–water partition coefficient (Wildman–Crippen LogP) is 2.30. The van der Waals surface area contributed by atoms with Crippen molar-refractivity contribution >= 4 is 16.9 Å². The average Bonchev–Trinajstić information content (AvgIpc) is 3.19. The Kier molecular flexibility index (Phi) is 3.17. The molecule has 1 aromatic carbocycles. The van der Waals surface area contributed by atoms with Gasteiger partial charge >= 0.3 is 0 Å². The molecule has 138 valence electrons. The fourth-order valence-electron chi connectivity index (χ4n) is 4.08. The number of piperidine rings is 1. The van der Waals surface area contributed by atoms with Gasteiger partial charge in [-0.25, -0.2) is 14.6 Å². The second-order valence-electron chi connectivity index (χ2n) is 7.54. The zero-order valence-corrected chi connectivity index (χ0v) is 15.0. The van der Waals surface area contributed by atoms with Gasteiger partial charge in [-0.3, -0.25) is 9.89 Å². The van der Waals surface area contributed by atoms with E-state index < -0.39 is 0 Å². The number of H-pyrrole nitrogens is 1. The Morgan fingerprint density at radius 1 is 1.07 bits per heavy atom. The third-order valence-corrected chi connectivity index (χ3v) is 5.72. The van der Waals surface area contributed by atoms with Gasteiger partial charge in [0.25, 0.3) is 5.91 Å². The quantitative estimate of drug-likeness (QED) is 0.596. The number of carbonyl (C=O) groups excluding carboxylic acids is 1. The molecule has 28 heavy (non-hydrogen) atoms. The van der Waals surface area contributed by atoms with Crippen LogP contribution in [0, 0.1) is 11.8 Å². The number of hydrogen-bond donors (Lipinski definition) is 1. The molecule has 4 aromatic rings. The second kappa shape index (κ2) is 5.72. The molecule has 0 bridgehead atoms. The summed E-state index contributed by atoms with van der Waals surface area (Å²) >= 11 is 0. The molecule has 2 unspecified atom stereocenters. The highest BCUT2D eigenvalue weighted by molar-refractivity contribution is 5.97.